The van der Waals surface area contributed by atoms with Crippen molar-refractivity contribution in [3.8, 4) is 5.75 Å². The summed E-state index contributed by atoms with van der Waals surface area (Å²) in [5.41, 5.74) is 6.68. The molecule has 0 bridgehead atoms. The fraction of sp³-hybridized carbons (Fsp3) is 0.421. The van der Waals surface area contributed by atoms with Crippen molar-refractivity contribution < 1.29 is 19.1 Å². The molecular weight excluding hydrogens is 623 g/mol. The number of rotatable bonds is 5. The molecule has 0 atom stereocenters. The van der Waals surface area contributed by atoms with Crippen molar-refractivity contribution in [1.82, 2.24) is 15.3 Å². The highest BCUT2D eigenvalue weighted by molar-refractivity contribution is 8.14. The second-order valence-electron chi connectivity index (χ2n) is 14.1. The number of para-hydroxylation sites is 1. The van der Waals surface area contributed by atoms with Crippen LogP contribution < -0.4 is 15.1 Å². The molecule has 0 spiro atoms. The molecule has 1 N–H and O–H groups in total. The molecule has 9 nitrogen and oxygen atoms in total. The predicted molar refractivity (Wildman–Crippen MR) is 198 cm³/mol. The van der Waals surface area contributed by atoms with Crippen LogP contribution in [-0.4, -0.2) is 63.0 Å². The number of benzene rings is 3. The predicted octanol–water partition coefficient (Wildman–Crippen LogP) is 8.39. The number of thioether (sulfide) groups is 1. The second kappa shape index (κ2) is 15.7. The maximum Gasteiger partial charge on any atom is 0.331 e. The third-order valence-electron chi connectivity index (χ3n) is 7.29. The van der Waals surface area contributed by atoms with Gasteiger partial charge in [-0.05, 0) is 113 Å². The number of nitrogens with one attached hydrogen (secondary N) is 1. The van der Waals surface area contributed by atoms with Gasteiger partial charge in [0.2, 0.25) is 0 Å². The monoisotopic (exact) mass is 673 g/mol. The SMILES string of the molecule is CC(C)N1C(=O)N(c2ccccc2)CSC1=NC(C)(C)C.COc1cccc(C(=O)NN(C(=O)c2cc(C)cc(C)c2)C(C)(C)C)c1C. The van der Waals surface area contributed by atoms with Gasteiger partial charge >= 0.3 is 6.03 Å². The lowest BCUT2D eigenvalue weighted by atomic mass is 10.0. The zero-order valence-electron chi connectivity index (χ0n) is 30.5. The Morgan fingerprint density at radius 3 is 2.04 bits per heavy atom. The van der Waals surface area contributed by atoms with Crippen LogP contribution in [0.4, 0.5) is 10.5 Å². The first-order chi connectivity index (χ1) is 22.3. The Morgan fingerprint density at radius 1 is 0.917 bits per heavy atom. The number of methoxy groups -OCH3 is 1. The number of anilines is 1. The molecule has 0 unspecified atom stereocenters. The standard InChI is InChI=1S/C22H28N2O3.C16H23N3OS/c1-14-11-15(2)13-17(12-14)21(26)24(22(4,5)6)23-20(25)18-9-8-10-19(27-7)16(18)3;1-12(2)19-14(17-16(3,4)5)21-11-18(15(19)20)13-9-7-6-8-10-13/h8-13H,1-7H3,(H,23,25);6-10,12H,11H2,1-5H3. The quantitative estimate of drug-likeness (QED) is 0.275. The van der Waals surface area contributed by atoms with E-state index in [1.807, 2.05) is 125 Å². The summed E-state index contributed by atoms with van der Waals surface area (Å²) in [6, 6.07) is 20.8. The van der Waals surface area contributed by atoms with Crippen molar-refractivity contribution in [2.75, 3.05) is 17.9 Å². The van der Waals surface area contributed by atoms with E-state index in [2.05, 4.69) is 5.43 Å². The number of carbonyl (C=O) groups excluding carboxylic acids is 3. The van der Waals surface area contributed by atoms with Gasteiger partial charge in [-0.2, -0.15) is 0 Å². The van der Waals surface area contributed by atoms with Crippen molar-refractivity contribution in [1.29, 1.82) is 0 Å². The van der Waals surface area contributed by atoms with E-state index >= 15 is 0 Å². The lowest BCUT2D eigenvalue weighted by Crippen LogP contribution is -2.56. The smallest absolute Gasteiger partial charge is 0.331 e. The van der Waals surface area contributed by atoms with Gasteiger partial charge in [0.25, 0.3) is 11.8 Å². The molecule has 1 saturated heterocycles. The summed E-state index contributed by atoms with van der Waals surface area (Å²) in [5, 5.41) is 2.21. The average molecular weight is 674 g/mol. The van der Waals surface area contributed by atoms with Gasteiger partial charge in [0.05, 0.1) is 24.1 Å². The molecule has 1 aliphatic heterocycles. The maximum atomic E-state index is 13.2. The molecule has 0 aromatic heterocycles. The number of carbonyl (C=O) groups is 3. The van der Waals surface area contributed by atoms with Crippen LogP contribution in [-0.2, 0) is 0 Å². The van der Waals surface area contributed by atoms with E-state index in [9.17, 15) is 14.4 Å². The second-order valence-corrected chi connectivity index (χ2v) is 15.0. The molecule has 10 heteroatoms. The van der Waals surface area contributed by atoms with Crippen LogP contribution in [0.15, 0.2) is 71.7 Å². The van der Waals surface area contributed by atoms with E-state index in [0.29, 0.717) is 22.8 Å². The number of hydrogen-bond acceptors (Lipinski definition) is 6. The van der Waals surface area contributed by atoms with Crippen LogP contribution in [0.2, 0.25) is 0 Å². The topological polar surface area (TPSA) is 94.5 Å². The van der Waals surface area contributed by atoms with Gasteiger partial charge in [-0.3, -0.25) is 29.8 Å². The Labute approximate surface area is 290 Å². The summed E-state index contributed by atoms with van der Waals surface area (Å²) in [6.45, 7) is 21.5. The maximum absolute atomic E-state index is 13.2. The highest BCUT2D eigenvalue weighted by Gasteiger charge is 2.35. The van der Waals surface area contributed by atoms with Crippen molar-refractivity contribution in [3.05, 3.63) is 94.5 Å². The first-order valence-corrected chi connectivity index (χ1v) is 17.1. The van der Waals surface area contributed by atoms with E-state index in [-0.39, 0.29) is 29.4 Å². The van der Waals surface area contributed by atoms with Crippen LogP contribution >= 0.6 is 11.8 Å². The largest absolute Gasteiger partial charge is 0.496 e. The Hall–Kier alpha value is -4.31. The van der Waals surface area contributed by atoms with Gasteiger partial charge in [0.15, 0.2) is 5.17 Å². The molecule has 3 aromatic rings. The minimum Gasteiger partial charge on any atom is -0.496 e. The summed E-state index contributed by atoms with van der Waals surface area (Å²) in [5.74, 6) is 0.633. The summed E-state index contributed by atoms with van der Waals surface area (Å²) < 4.78 is 5.29. The molecule has 0 saturated carbocycles. The highest BCUT2D eigenvalue weighted by atomic mass is 32.2. The van der Waals surface area contributed by atoms with Crippen LogP contribution in [0.25, 0.3) is 0 Å². The Morgan fingerprint density at radius 2 is 1.52 bits per heavy atom. The molecule has 1 fully saturated rings. The Bertz CT molecular complexity index is 1620. The van der Waals surface area contributed by atoms with Gasteiger partial charge < -0.3 is 4.74 Å². The molecule has 0 radical (unpaired) electrons. The Kier molecular flexibility index (Phi) is 12.5. The molecule has 1 heterocycles. The molecule has 1 aliphatic rings. The fourth-order valence-electron chi connectivity index (χ4n) is 5.06. The number of urea groups is 1. The van der Waals surface area contributed by atoms with Crippen molar-refractivity contribution >= 4 is 40.5 Å². The number of hydrazine groups is 1. The molecule has 0 aliphatic carbocycles. The van der Waals surface area contributed by atoms with Crippen molar-refractivity contribution in [2.24, 2.45) is 4.99 Å². The summed E-state index contributed by atoms with van der Waals surface area (Å²) >= 11 is 1.61. The van der Waals surface area contributed by atoms with Gasteiger partial charge in [-0.25, -0.2) is 9.80 Å². The van der Waals surface area contributed by atoms with E-state index < -0.39 is 5.54 Å². The normalized spacial score (nSPS) is 14.4. The van der Waals surface area contributed by atoms with E-state index in [1.54, 1.807) is 46.9 Å². The van der Waals surface area contributed by atoms with Gasteiger partial charge in [0.1, 0.15) is 5.75 Å². The van der Waals surface area contributed by atoms with Gasteiger partial charge in [-0.15, -0.1) is 0 Å². The molecule has 4 rings (SSSR count). The number of nitrogens with zero attached hydrogens (tertiary/aromatic N) is 4. The van der Waals surface area contributed by atoms with Gasteiger partial charge in [0, 0.05) is 28.4 Å². The number of aryl methyl sites for hydroxylation is 2. The zero-order valence-corrected chi connectivity index (χ0v) is 31.3. The number of aliphatic imine (C=N–C) groups is 1. The number of amides is 4. The summed E-state index contributed by atoms with van der Waals surface area (Å²) in [7, 11) is 1.56. The van der Waals surface area contributed by atoms with E-state index in [1.165, 1.54) is 5.01 Å². The third kappa shape index (κ3) is 9.86. The Balaban J connectivity index is 0.000000269. The van der Waals surface area contributed by atoms with Crippen molar-refractivity contribution in [3.63, 3.8) is 0 Å². The lowest BCUT2D eigenvalue weighted by molar-refractivity contribution is 0.0358. The van der Waals surface area contributed by atoms with Crippen molar-refractivity contribution in [2.45, 2.75) is 93.3 Å². The van der Waals surface area contributed by atoms with Gasteiger partial charge in [-0.1, -0.05) is 53.2 Å². The van der Waals surface area contributed by atoms with Crippen LogP contribution in [0.5, 0.6) is 5.75 Å². The minimum atomic E-state index is -0.600. The highest BCUT2D eigenvalue weighted by Crippen LogP contribution is 2.29. The molecule has 4 amide bonds. The molecule has 48 heavy (non-hydrogen) atoms. The lowest BCUT2D eigenvalue weighted by Gasteiger charge is -2.38. The van der Waals surface area contributed by atoms with E-state index in [4.69, 9.17) is 9.73 Å². The number of ether oxygens (including phenoxy) is 1. The fourth-order valence-corrected chi connectivity index (χ4v) is 6.33. The van der Waals surface area contributed by atoms with Crippen LogP contribution in [0.1, 0.15) is 92.8 Å². The van der Waals surface area contributed by atoms with Crippen LogP contribution in [0, 0.1) is 20.8 Å². The summed E-state index contributed by atoms with van der Waals surface area (Å²) in [4.78, 5) is 47.2. The molecule has 258 valence electrons. The first kappa shape index (κ1) is 38.1. The number of hydrogen-bond donors (Lipinski definition) is 1. The van der Waals surface area contributed by atoms with E-state index in [0.717, 1.165) is 27.5 Å². The zero-order chi connectivity index (χ0) is 36.0. The average Bonchev–Trinajstić information content (AvgIpc) is 2.98. The molecular formula is C38H51N5O4S. The van der Waals surface area contributed by atoms with Crippen LogP contribution in [0.3, 0.4) is 0 Å². The minimum absolute atomic E-state index is 0.00190. The number of amidine groups is 1. The third-order valence-corrected chi connectivity index (χ3v) is 8.22. The summed E-state index contributed by atoms with van der Waals surface area (Å²) in [6.07, 6.45) is 0. The molecule has 3 aromatic carbocycles. The first-order valence-electron chi connectivity index (χ1n) is 16.1.